The first kappa shape index (κ1) is 19.2. The maximum Gasteiger partial charge on any atom is 0.227 e. The number of fused-ring (bicyclic) bond motifs is 1. The van der Waals surface area contributed by atoms with Gasteiger partial charge in [0, 0.05) is 53.1 Å². The Balaban J connectivity index is 1.46. The second-order valence-corrected chi connectivity index (χ2v) is 8.23. The van der Waals surface area contributed by atoms with E-state index in [1.807, 2.05) is 36.8 Å². The van der Waals surface area contributed by atoms with E-state index in [4.69, 9.17) is 4.74 Å². The van der Waals surface area contributed by atoms with Crippen LogP contribution in [-0.4, -0.2) is 51.4 Å². The maximum atomic E-state index is 5.48. The Morgan fingerprint density at radius 1 is 1.07 bits per heavy atom. The Kier molecular flexibility index (Phi) is 5.44. The number of rotatable bonds is 5. The summed E-state index contributed by atoms with van der Waals surface area (Å²) in [6, 6.07) is 12.5. The highest BCUT2D eigenvalue weighted by molar-refractivity contribution is 9.10. The van der Waals surface area contributed by atoms with Gasteiger partial charge in [0.2, 0.25) is 5.95 Å². The van der Waals surface area contributed by atoms with Crippen LogP contribution in [0.3, 0.4) is 0 Å². The monoisotopic (exact) mass is 464 g/mol. The number of ether oxygens (including phenoxy) is 1. The van der Waals surface area contributed by atoms with Crippen LogP contribution in [0.5, 0.6) is 0 Å². The predicted molar refractivity (Wildman–Crippen MR) is 121 cm³/mol. The standard InChI is InChI=1S/C22H21BrN6O/c23-19-1-2-21-17(9-19)11-24-22(28-21)27-20-8-15(14-29-3-5-30-6-4-29)7-16(10-20)18-12-25-26-13-18/h1-2,7-13H,3-6,14H2,(H,25,26)(H,24,27,28). The van der Waals surface area contributed by atoms with Gasteiger partial charge in [0.05, 0.1) is 24.9 Å². The molecule has 1 aliphatic heterocycles. The Hall–Kier alpha value is -2.81. The van der Waals surface area contributed by atoms with Gasteiger partial charge in [0.1, 0.15) is 0 Å². The van der Waals surface area contributed by atoms with Gasteiger partial charge in [0.15, 0.2) is 0 Å². The lowest BCUT2D eigenvalue weighted by Gasteiger charge is -2.27. The molecule has 5 rings (SSSR count). The molecule has 0 unspecified atom stereocenters. The van der Waals surface area contributed by atoms with Crippen molar-refractivity contribution in [1.82, 2.24) is 25.1 Å². The first-order valence-corrected chi connectivity index (χ1v) is 10.6. The molecular formula is C22H21BrN6O. The van der Waals surface area contributed by atoms with Gasteiger partial charge in [-0.25, -0.2) is 9.97 Å². The number of aromatic nitrogens is 4. The zero-order chi connectivity index (χ0) is 20.3. The van der Waals surface area contributed by atoms with E-state index in [2.05, 4.69) is 64.5 Å². The molecule has 0 radical (unpaired) electrons. The molecule has 8 heteroatoms. The van der Waals surface area contributed by atoms with Gasteiger partial charge in [0.25, 0.3) is 0 Å². The number of halogens is 1. The van der Waals surface area contributed by atoms with Crippen molar-refractivity contribution in [3.05, 3.63) is 65.0 Å². The number of morpholine rings is 1. The summed E-state index contributed by atoms with van der Waals surface area (Å²) in [4.78, 5) is 11.6. The second-order valence-electron chi connectivity index (χ2n) is 7.32. The van der Waals surface area contributed by atoms with Gasteiger partial charge >= 0.3 is 0 Å². The van der Waals surface area contributed by atoms with Gasteiger partial charge in [-0.2, -0.15) is 5.10 Å². The Labute approximate surface area is 182 Å². The summed E-state index contributed by atoms with van der Waals surface area (Å²) in [5.74, 6) is 0.575. The number of nitrogens with zero attached hydrogens (tertiary/aromatic N) is 4. The highest BCUT2D eigenvalue weighted by Gasteiger charge is 2.13. The molecular weight excluding hydrogens is 444 g/mol. The summed E-state index contributed by atoms with van der Waals surface area (Å²) in [5, 5.41) is 11.4. The van der Waals surface area contributed by atoms with Crippen molar-refractivity contribution in [2.75, 3.05) is 31.6 Å². The third-order valence-corrected chi connectivity index (χ3v) is 5.63. The van der Waals surface area contributed by atoms with Crippen LogP contribution in [0.25, 0.3) is 22.0 Å². The van der Waals surface area contributed by atoms with Gasteiger partial charge in [-0.05, 0) is 47.5 Å². The van der Waals surface area contributed by atoms with Crippen molar-refractivity contribution >= 4 is 38.5 Å². The molecule has 0 atom stereocenters. The first-order chi connectivity index (χ1) is 14.7. The second kappa shape index (κ2) is 8.51. The van der Waals surface area contributed by atoms with Crippen LogP contribution < -0.4 is 5.32 Å². The molecule has 4 aromatic rings. The zero-order valence-corrected chi connectivity index (χ0v) is 17.9. The van der Waals surface area contributed by atoms with E-state index < -0.39 is 0 Å². The summed E-state index contributed by atoms with van der Waals surface area (Å²) in [5.41, 5.74) is 5.22. The van der Waals surface area contributed by atoms with Crippen molar-refractivity contribution in [2.45, 2.75) is 6.54 Å². The van der Waals surface area contributed by atoms with Crippen molar-refractivity contribution < 1.29 is 4.74 Å². The van der Waals surface area contributed by atoms with Crippen LogP contribution in [0.1, 0.15) is 5.56 Å². The lowest BCUT2D eigenvalue weighted by Crippen LogP contribution is -2.35. The number of anilines is 2. The molecule has 0 amide bonds. The summed E-state index contributed by atoms with van der Waals surface area (Å²) in [6.45, 7) is 4.33. The number of hydrogen-bond donors (Lipinski definition) is 2. The average Bonchev–Trinajstić information content (AvgIpc) is 3.30. The molecule has 0 aliphatic carbocycles. The molecule has 1 fully saturated rings. The zero-order valence-electron chi connectivity index (χ0n) is 16.3. The third-order valence-electron chi connectivity index (χ3n) is 5.13. The van der Waals surface area contributed by atoms with Crippen molar-refractivity contribution in [1.29, 1.82) is 0 Å². The Morgan fingerprint density at radius 2 is 1.97 bits per heavy atom. The molecule has 3 heterocycles. The Morgan fingerprint density at radius 3 is 2.80 bits per heavy atom. The third kappa shape index (κ3) is 4.35. The van der Waals surface area contributed by atoms with Gasteiger partial charge in [-0.15, -0.1) is 0 Å². The van der Waals surface area contributed by atoms with Gasteiger partial charge < -0.3 is 10.1 Å². The number of benzene rings is 2. The minimum atomic E-state index is 0.575. The maximum absolute atomic E-state index is 5.48. The topological polar surface area (TPSA) is 79.0 Å². The summed E-state index contributed by atoms with van der Waals surface area (Å²) in [6.07, 6.45) is 5.58. The molecule has 152 valence electrons. The highest BCUT2D eigenvalue weighted by atomic mass is 79.9. The lowest BCUT2D eigenvalue weighted by molar-refractivity contribution is 0.0342. The van der Waals surface area contributed by atoms with E-state index in [0.717, 1.165) is 65.0 Å². The minimum Gasteiger partial charge on any atom is -0.379 e. The van der Waals surface area contributed by atoms with Crippen molar-refractivity contribution in [2.24, 2.45) is 0 Å². The van der Waals surface area contributed by atoms with Crippen LogP contribution in [0.15, 0.2) is 59.5 Å². The molecule has 1 saturated heterocycles. The SMILES string of the molecule is Brc1ccc2nc(Nc3cc(CN4CCOCC4)cc(-c4cn[nH]c4)c3)ncc2c1. The molecule has 2 N–H and O–H groups in total. The molecule has 0 spiro atoms. The largest absolute Gasteiger partial charge is 0.379 e. The molecule has 30 heavy (non-hydrogen) atoms. The highest BCUT2D eigenvalue weighted by Crippen LogP contribution is 2.27. The Bertz CT molecular complexity index is 1160. The molecule has 0 bridgehead atoms. The van der Waals surface area contributed by atoms with Crippen LogP contribution in [0.4, 0.5) is 11.6 Å². The predicted octanol–water partition coefficient (Wildman–Crippen LogP) is 4.36. The molecule has 2 aromatic carbocycles. The normalized spacial score (nSPS) is 14.8. The van der Waals surface area contributed by atoms with Crippen LogP contribution in [-0.2, 0) is 11.3 Å². The number of nitrogens with one attached hydrogen (secondary N) is 2. The molecule has 2 aromatic heterocycles. The fourth-order valence-corrected chi connectivity index (χ4v) is 4.02. The number of aromatic amines is 1. The van der Waals surface area contributed by atoms with Crippen molar-refractivity contribution in [3.63, 3.8) is 0 Å². The summed E-state index contributed by atoms with van der Waals surface area (Å²) < 4.78 is 6.49. The van der Waals surface area contributed by atoms with E-state index in [0.29, 0.717) is 5.95 Å². The van der Waals surface area contributed by atoms with E-state index >= 15 is 0 Å². The van der Waals surface area contributed by atoms with E-state index in [1.54, 1.807) is 0 Å². The van der Waals surface area contributed by atoms with E-state index in [-0.39, 0.29) is 0 Å². The number of hydrogen-bond acceptors (Lipinski definition) is 6. The van der Waals surface area contributed by atoms with Gasteiger partial charge in [-0.3, -0.25) is 10.00 Å². The minimum absolute atomic E-state index is 0.575. The van der Waals surface area contributed by atoms with Crippen LogP contribution in [0.2, 0.25) is 0 Å². The summed E-state index contributed by atoms with van der Waals surface area (Å²) in [7, 11) is 0. The number of H-pyrrole nitrogens is 1. The lowest BCUT2D eigenvalue weighted by atomic mass is 10.0. The smallest absolute Gasteiger partial charge is 0.227 e. The average molecular weight is 465 g/mol. The quantitative estimate of drug-likeness (QED) is 0.456. The summed E-state index contributed by atoms with van der Waals surface area (Å²) >= 11 is 3.49. The fraction of sp³-hybridized carbons (Fsp3) is 0.227. The fourth-order valence-electron chi connectivity index (χ4n) is 3.64. The van der Waals surface area contributed by atoms with Crippen LogP contribution in [0, 0.1) is 0 Å². The van der Waals surface area contributed by atoms with Crippen molar-refractivity contribution in [3.8, 4) is 11.1 Å². The first-order valence-electron chi connectivity index (χ1n) is 9.85. The van der Waals surface area contributed by atoms with Crippen LogP contribution >= 0.6 is 15.9 Å². The molecule has 1 aliphatic rings. The van der Waals surface area contributed by atoms with E-state index in [1.165, 1.54) is 5.56 Å². The molecule has 0 saturated carbocycles. The molecule has 7 nitrogen and oxygen atoms in total. The van der Waals surface area contributed by atoms with Gasteiger partial charge in [-0.1, -0.05) is 15.9 Å². The van der Waals surface area contributed by atoms with E-state index in [9.17, 15) is 0 Å².